The third-order valence-electron chi connectivity index (χ3n) is 4.44. The first kappa shape index (κ1) is 21.4. The number of hydrogen-bond acceptors (Lipinski definition) is 6. The smallest absolute Gasteiger partial charge is 0.203 e. The van der Waals surface area contributed by atoms with E-state index in [-0.39, 0.29) is 0 Å². The number of benzene rings is 2. The molecule has 2 aromatic carbocycles. The number of aliphatic imine (C=N–C) groups is 1. The van der Waals surface area contributed by atoms with Gasteiger partial charge in [-0.2, -0.15) is 0 Å². The first-order chi connectivity index (χ1) is 14.7. The monoisotopic (exact) mass is 426 g/mol. The molecule has 1 aromatic heterocycles. The summed E-state index contributed by atoms with van der Waals surface area (Å²) in [4.78, 5) is 8.98. The lowest BCUT2D eigenvalue weighted by Crippen LogP contribution is -2.36. The van der Waals surface area contributed by atoms with Gasteiger partial charge in [0.05, 0.1) is 33.6 Å². The molecule has 0 aliphatic rings. The van der Waals surface area contributed by atoms with E-state index < -0.39 is 0 Å². The van der Waals surface area contributed by atoms with E-state index in [1.54, 1.807) is 39.7 Å². The quantitative estimate of drug-likeness (QED) is 0.423. The van der Waals surface area contributed by atoms with Crippen LogP contribution in [0.2, 0.25) is 0 Å². The summed E-state index contributed by atoms with van der Waals surface area (Å²) in [5.41, 5.74) is 3.08. The second kappa shape index (κ2) is 10.5. The molecule has 30 heavy (non-hydrogen) atoms. The predicted octanol–water partition coefficient (Wildman–Crippen LogP) is 3.70. The fourth-order valence-electron chi connectivity index (χ4n) is 2.94. The van der Waals surface area contributed by atoms with Gasteiger partial charge >= 0.3 is 0 Å². The van der Waals surface area contributed by atoms with Crippen LogP contribution in [0.3, 0.4) is 0 Å². The summed E-state index contributed by atoms with van der Waals surface area (Å²) in [7, 11) is 6.53. The van der Waals surface area contributed by atoms with Crippen LogP contribution in [0.1, 0.15) is 10.6 Å². The average Bonchev–Trinajstić information content (AvgIpc) is 3.28. The maximum absolute atomic E-state index is 5.41. The van der Waals surface area contributed by atoms with E-state index in [0.29, 0.717) is 36.3 Å². The van der Waals surface area contributed by atoms with Gasteiger partial charge in [-0.25, -0.2) is 4.98 Å². The Kier molecular flexibility index (Phi) is 7.51. The van der Waals surface area contributed by atoms with Crippen LogP contribution >= 0.6 is 11.3 Å². The van der Waals surface area contributed by atoms with Crippen molar-refractivity contribution in [3.8, 4) is 28.5 Å². The van der Waals surface area contributed by atoms with Crippen LogP contribution in [0, 0.1) is 0 Å². The minimum absolute atomic E-state index is 0.545. The molecule has 0 aliphatic heterocycles. The Labute approximate surface area is 180 Å². The van der Waals surface area contributed by atoms with Gasteiger partial charge in [-0.3, -0.25) is 4.99 Å². The molecule has 8 heteroatoms. The Morgan fingerprint density at radius 3 is 2.23 bits per heavy atom. The van der Waals surface area contributed by atoms with Crippen LogP contribution in [-0.2, 0) is 13.1 Å². The standard InChI is InChI=1S/C22H26N4O3S/c1-23-22(24-12-15-10-18(27-2)21(29-4)19(11-15)28-3)25-13-20-26-17(14-30-20)16-8-6-5-7-9-16/h5-11,14H,12-13H2,1-4H3,(H2,23,24,25). The third-order valence-corrected chi connectivity index (χ3v) is 5.29. The third kappa shape index (κ3) is 5.21. The van der Waals surface area contributed by atoms with Gasteiger partial charge < -0.3 is 24.8 Å². The van der Waals surface area contributed by atoms with Crippen LogP contribution in [0.4, 0.5) is 0 Å². The molecule has 0 saturated carbocycles. The molecule has 1 heterocycles. The number of hydrogen-bond donors (Lipinski definition) is 2. The Bertz CT molecular complexity index is 964. The Balaban J connectivity index is 1.60. The molecule has 2 N–H and O–H groups in total. The van der Waals surface area contributed by atoms with Crippen LogP contribution in [-0.4, -0.2) is 39.3 Å². The van der Waals surface area contributed by atoms with Gasteiger partial charge in [0.2, 0.25) is 5.75 Å². The molecule has 0 fully saturated rings. The number of guanidine groups is 1. The fourth-order valence-corrected chi connectivity index (χ4v) is 3.68. The van der Waals surface area contributed by atoms with Crippen LogP contribution in [0.5, 0.6) is 17.2 Å². The van der Waals surface area contributed by atoms with Gasteiger partial charge in [0, 0.05) is 24.5 Å². The van der Waals surface area contributed by atoms with Gasteiger partial charge in [-0.1, -0.05) is 30.3 Å². The summed E-state index contributed by atoms with van der Waals surface area (Å²) in [5.74, 6) is 2.49. The van der Waals surface area contributed by atoms with Crippen molar-refractivity contribution in [2.45, 2.75) is 13.1 Å². The molecule has 0 bridgehead atoms. The SMILES string of the molecule is CN=C(NCc1cc(OC)c(OC)c(OC)c1)NCc1nc(-c2ccccc2)cs1. The average molecular weight is 427 g/mol. The molecule has 0 amide bonds. The van der Waals surface area contributed by atoms with Crippen molar-refractivity contribution in [3.63, 3.8) is 0 Å². The van der Waals surface area contributed by atoms with Gasteiger partial charge in [0.25, 0.3) is 0 Å². The first-order valence-electron chi connectivity index (χ1n) is 9.41. The minimum Gasteiger partial charge on any atom is -0.493 e. The lowest BCUT2D eigenvalue weighted by atomic mass is 10.2. The summed E-state index contributed by atoms with van der Waals surface area (Å²) in [6.45, 7) is 1.13. The summed E-state index contributed by atoms with van der Waals surface area (Å²) in [5, 5.41) is 9.66. The molecule has 0 aliphatic carbocycles. The lowest BCUT2D eigenvalue weighted by molar-refractivity contribution is 0.323. The van der Waals surface area contributed by atoms with Crippen molar-refractivity contribution in [2.24, 2.45) is 4.99 Å². The van der Waals surface area contributed by atoms with Crippen LogP contribution < -0.4 is 24.8 Å². The zero-order valence-electron chi connectivity index (χ0n) is 17.6. The number of aromatic nitrogens is 1. The second-order valence-corrected chi connectivity index (χ2v) is 7.25. The number of rotatable bonds is 8. The van der Waals surface area contributed by atoms with Crippen molar-refractivity contribution >= 4 is 17.3 Å². The predicted molar refractivity (Wildman–Crippen MR) is 121 cm³/mol. The zero-order chi connectivity index (χ0) is 21.3. The van der Waals surface area contributed by atoms with E-state index in [2.05, 4.69) is 33.1 Å². The number of ether oxygens (including phenoxy) is 3. The highest BCUT2D eigenvalue weighted by atomic mass is 32.1. The second-order valence-electron chi connectivity index (χ2n) is 6.31. The first-order valence-corrected chi connectivity index (χ1v) is 10.3. The van der Waals surface area contributed by atoms with Crippen molar-refractivity contribution in [1.82, 2.24) is 15.6 Å². The normalized spacial score (nSPS) is 11.1. The number of nitrogens with one attached hydrogen (secondary N) is 2. The van der Waals surface area contributed by atoms with E-state index in [1.807, 2.05) is 30.3 Å². The highest BCUT2D eigenvalue weighted by Crippen LogP contribution is 2.38. The van der Waals surface area contributed by atoms with Gasteiger partial charge in [-0.05, 0) is 17.7 Å². The molecule has 0 radical (unpaired) electrons. The molecular formula is C22H26N4O3S. The summed E-state index contributed by atoms with van der Waals surface area (Å²) < 4.78 is 16.2. The Hall–Kier alpha value is -3.26. The lowest BCUT2D eigenvalue weighted by Gasteiger charge is -2.15. The van der Waals surface area contributed by atoms with Crippen molar-refractivity contribution < 1.29 is 14.2 Å². The van der Waals surface area contributed by atoms with Crippen molar-refractivity contribution in [3.05, 3.63) is 58.4 Å². The maximum Gasteiger partial charge on any atom is 0.203 e. The van der Waals surface area contributed by atoms with Crippen LogP contribution in [0.15, 0.2) is 52.8 Å². The maximum atomic E-state index is 5.41. The van der Waals surface area contributed by atoms with Gasteiger partial charge in [-0.15, -0.1) is 11.3 Å². The molecule has 0 unspecified atom stereocenters. The van der Waals surface area contributed by atoms with E-state index >= 15 is 0 Å². The van der Waals surface area contributed by atoms with Gasteiger partial charge in [0.1, 0.15) is 5.01 Å². The number of thiazole rings is 1. The van der Waals surface area contributed by atoms with Crippen molar-refractivity contribution in [1.29, 1.82) is 0 Å². The van der Waals surface area contributed by atoms with Crippen LogP contribution in [0.25, 0.3) is 11.3 Å². The summed E-state index contributed by atoms with van der Waals surface area (Å²) in [6, 6.07) is 14.0. The zero-order valence-corrected chi connectivity index (χ0v) is 18.4. The fraction of sp³-hybridized carbons (Fsp3) is 0.273. The highest BCUT2D eigenvalue weighted by molar-refractivity contribution is 7.09. The summed E-state index contributed by atoms with van der Waals surface area (Å²) in [6.07, 6.45) is 0. The molecule has 3 aromatic rings. The van der Waals surface area contributed by atoms with E-state index in [1.165, 1.54) is 0 Å². The molecular weight excluding hydrogens is 400 g/mol. The molecule has 0 saturated heterocycles. The number of nitrogens with zero attached hydrogens (tertiary/aromatic N) is 2. The van der Waals surface area contributed by atoms with Crippen molar-refractivity contribution in [2.75, 3.05) is 28.4 Å². The molecule has 3 rings (SSSR count). The minimum atomic E-state index is 0.545. The Morgan fingerprint density at radius 1 is 0.967 bits per heavy atom. The molecule has 7 nitrogen and oxygen atoms in total. The van der Waals surface area contributed by atoms with E-state index in [4.69, 9.17) is 19.2 Å². The highest BCUT2D eigenvalue weighted by Gasteiger charge is 2.13. The number of methoxy groups -OCH3 is 3. The van der Waals surface area contributed by atoms with Gasteiger partial charge in [0.15, 0.2) is 17.5 Å². The molecule has 0 spiro atoms. The topological polar surface area (TPSA) is 77.0 Å². The molecule has 158 valence electrons. The summed E-state index contributed by atoms with van der Waals surface area (Å²) >= 11 is 1.62. The van der Waals surface area contributed by atoms with E-state index in [0.717, 1.165) is 21.8 Å². The van der Waals surface area contributed by atoms with E-state index in [9.17, 15) is 0 Å². The molecule has 0 atom stereocenters. The largest absolute Gasteiger partial charge is 0.493 e. The Morgan fingerprint density at radius 2 is 1.63 bits per heavy atom.